The molecule has 0 radical (unpaired) electrons. The monoisotopic (exact) mass is 384 g/mol. The van der Waals surface area contributed by atoms with Crippen LogP contribution < -0.4 is 10.3 Å². The number of hydrogen-bond acceptors (Lipinski definition) is 3. The zero-order valence-corrected chi connectivity index (χ0v) is 15.3. The molecule has 2 amide bonds. The number of urea groups is 1. The van der Waals surface area contributed by atoms with Crippen LogP contribution in [0.2, 0.25) is 10.0 Å². The third-order valence-corrected chi connectivity index (χ3v) is 4.43. The smallest absolute Gasteiger partial charge is 0.331 e. The van der Waals surface area contributed by atoms with E-state index < -0.39 is 0 Å². The normalized spacial score (nSPS) is 14.2. The van der Waals surface area contributed by atoms with Crippen molar-refractivity contribution in [2.75, 3.05) is 11.6 Å². The first-order chi connectivity index (χ1) is 12.5. The van der Waals surface area contributed by atoms with E-state index in [0.717, 1.165) is 11.1 Å². The predicted octanol–water partition coefficient (Wildman–Crippen LogP) is 4.88. The van der Waals surface area contributed by atoms with Gasteiger partial charge < -0.3 is 5.32 Å². The van der Waals surface area contributed by atoms with Crippen molar-refractivity contribution in [2.24, 2.45) is 5.10 Å². The third-order valence-electron chi connectivity index (χ3n) is 3.86. The molecule has 26 heavy (non-hydrogen) atoms. The van der Waals surface area contributed by atoms with E-state index in [1.165, 1.54) is 5.01 Å². The second kappa shape index (κ2) is 7.61. The Morgan fingerprint density at radius 3 is 2.65 bits per heavy atom. The highest BCUT2D eigenvalue weighted by Crippen LogP contribution is 2.31. The molecule has 1 aliphatic heterocycles. The summed E-state index contributed by atoms with van der Waals surface area (Å²) in [5.41, 5.74) is 3.30. The lowest BCUT2D eigenvalue weighted by Gasteiger charge is -2.22. The quantitative estimate of drug-likeness (QED) is 0.604. The van der Waals surface area contributed by atoms with Gasteiger partial charge in [-0.3, -0.25) is 0 Å². The fraction of sp³-hybridized carbons (Fsp3) is 0.105. The van der Waals surface area contributed by atoms with Crippen LogP contribution in [0.1, 0.15) is 16.7 Å². The van der Waals surface area contributed by atoms with E-state index in [2.05, 4.69) is 16.5 Å². The van der Waals surface area contributed by atoms with Crippen LogP contribution in [-0.2, 0) is 0 Å². The summed E-state index contributed by atoms with van der Waals surface area (Å²) in [5.74, 6) is 0. The summed E-state index contributed by atoms with van der Waals surface area (Å²) in [4.78, 5) is 11.9. The summed E-state index contributed by atoms with van der Waals surface area (Å²) in [6.45, 7) is 2.26. The van der Waals surface area contributed by atoms with Crippen molar-refractivity contribution in [2.45, 2.75) is 6.92 Å². The summed E-state index contributed by atoms with van der Waals surface area (Å²) < 4.78 is 0. The highest BCUT2D eigenvalue weighted by atomic mass is 35.5. The van der Waals surface area contributed by atoms with E-state index in [9.17, 15) is 10.1 Å². The lowest BCUT2D eigenvalue weighted by Crippen LogP contribution is -2.41. The minimum atomic E-state index is -0.315. The lowest BCUT2D eigenvalue weighted by atomic mass is 10.0. The van der Waals surface area contributed by atoms with E-state index in [-0.39, 0.29) is 6.03 Å². The number of anilines is 1. The molecule has 3 rings (SSSR count). The zero-order valence-electron chi connectivity index (χ0n) is 13.8. The van der Waals surface area contributed by atoms with Crippen molar-refractivity contribution < 1.29 is 4.79 Å². The standard InChI is InChI=1S/C19H14Cl2N4O/c1-12-8-16(25-19(26)23-6-7-24-25)10-18(21)17(12)9-14(11-22)13-2-4-15(20)5-3-13/h2-5,7-10H,6H2,1H3,(H,23,26). The Morgan fingerprint density at radius 1 is 1.31 bits per heavy atom. The van der Waals surface area contributed by atoms with Crippen LogP contribution >= 0.6 is 23.2 Å². The molecule has 0 spiro atoms. The van der Waals surface area contributed by atoms with Gasteiger partial charge in [0.05, 0.1) is 28.9 Å². The summed E-state index contributed by atoms with van der Waals surface area (Å²) in [6, 6.07) is 12.3. The number of hydrazone groups is 1. The average Bonchev–Trinajstić information content (AvgIpc) is 2.62. The molecule has 0 unspecified atom stereocenters. The molecule has 2 aromatic rings. The van der Waals surface area contributed by atoms with Gasteiger partial charge in [0, 0.05) is 11.2 Å². The Morgan fingerprint density at radius 2 is 2.04 bits per heavy atom. The van der Waals surface area contributed by atoms with Gasteiger partial charge in [0.25, 0.3) is 0 Å². The molecule has 0 atom stereocenters. The van der Waals surface area contributed by atoms with Gasteiger partial charge in [0.2, 0.25) is 0 Å². The number of benzene rings is 2. The van der Waals surface area contributed by atoms with Gasteiger partial charge in [0.1, 0.15) is 0 Å². The molecule has 130 valence electrons. The van der Waals surface area contributed by atoms with Crippen molar-refractivity contribution in [1.82, 2.24) is 5.32 Å². The molecule has 0 bridgehead atoms. The molecule has 0 fully saturated rings. The first kappa shape index (κ1) is 18.0. The van der Waals surface area contributed by atoms with Gasteiger partial charge in [-0.05, 0) is 54.0 Å². The number of allylic oxidation sites excluding steroid dienone is 1. The third kappa shape index (κ3) is 3.72. The van der Waals surface area contributed by atoms with Crippen LogP contribution in [0.3, 0.4) is 0 Å². The van der Waals surface area contributed by atoms with Crippen molar-refractivity contribution in [3.63, 3.8) is 0 Å². The van der Waals surface area contributed by atoms with Crippen molar-refractivity contribution >= 4 is 52.8 Å². The Hall–Kier alpha value is -2.81. The fourth-order valence-electron chi connectivity index (χ4n) is 2.56. The predicted molar refractivity (Wildman–Crippen MR) is 105 cm³/mol. The SMILES string of the molecule is Cc1cc(N2N=CCNC2=O)cc(Cl)c1C=C(C#N)c1ccc(Cl)cc1. The molecule has 7 heteroatoms. The molecular weight excluding hydrogens is 371 g/mol. The summed E-state index contributed by atoms with van der Waals surface area (Å²) in [6.07, 6.45) is 3.33. The molecule has 5 nitrogen and oxygen atoms in total. The number of halogens is 2. The first-order valence-corrected chi connectivity index (χ1v) is 8.53. The molecule has 1 aliphatic rings. The maximum absolute atomic E-state index is 11.9. The molecular formula is C19H14Cl2N4O. The highest BCUT2D eigenvalue weighted by molar-refractivity contribution is 6.33. The van der Waals surface area contributed by atoms with Crippen LogP contribution in [0.25, 0.3) is 11.6 Å². The van der Waals surface area contributed by atoms with E-state index in [4.69, 9.17) is 23.2 Å². The van der Waals surface area contributed by atoms with E-state index >= 15 is 0 Å². The molecule has 0 aliphatic carbocycles. The summed E-state index contributed by atoms with van der Waals surface area (Å²) >= 11 is 12.3. The van der Waals surface area contributed by atoms with Crippen molar-refractivity contribution in [3.05, 3.63) is 63.1 Å². The number of rotatable bonds is 3. The molecule has 2 aromatic carbocycles. The topological polar surface area (TPSA) is 68.5 Å². The highest BCUT2D eigenvalue weighted by Gasteiger charge is 2.19. The fourth-order valence-corrected chi connectivity index (χ4v) is 3.00. The Kier molecular flexibility index (Phi) is 5.27. The van der Waals surface area contributed by atoms with E-state index in [0.29, 0.717) is 33.4 Å². The number of carbonyl (C=O) groups is 1. The maximum Gasteiger partial charge on any atom is 0.342 e. The van der Waals surface area contributed by atoms with E-state index in [1.54, 1.807) is 48.7 Å². The minimum Gasteiger partial charge on any atom is -0.331 e. The second-order valence-corrected chi connectivity index (χ2v) is 6.47. The van der Waals surface area contributed by atoms with Gasteiger partial charge in [-0.2, -0.15) is 15.4 Å². The van der Waals surface area contributed by atoms with Crippen molar-refractivity contribution in [1.29, 1.82) is 5.26 Å². The van der Waals surface area contributed by atoms with Crippen LogP contribution in [0.5, 0.6) is 0 Å². The second-order valence-electron chi connectivity index (χ2n) is 5.63. The summed E-state index contributed by atoms with van der Waals surface area (Å²) in [7, 11) is 0. The van der Waals surface area contributed by atoms with Crippen LogP contribution in [0, 0.1) is 18.3 Å². The van der Waals surface area contributed by atoms with Gasteiger partial charge in [-0.15, -0.1) is 0 Å². The van der Waals surface area contributed by atoms with Gasteiger partial charge in [0.15, 0.2) is 0 Å². The molecule has 0 saturated heterocycles. The van der Waals surface area contributed by atoms with Crippen LogP contribution in [-0.4, -0.2) is 18.8 Å². The first-order valence-electron chi connectivity index (χ1n) is 7.78. The van der Waals surface area contributed by atoms with E-state index in [1.807, 2.05) is 6.92 Å². The minimum absolute atomic E-state index is 0.315. The number of nitriles is 1. The largest absolute Gasteiger partial charge is 0.342 e. The number of nitrogens with one attached hydrogen (secondary N) is 1. The number of nitrogens with zero attached hydrogens (tertiary/aromatic N) is 3. The van der Waals surface area contributed by atoms with Crippen LogP contribution in [0.4, 0.5) is 10.5 Å². The number of aryl methyl sites for hydroxylation is 1. The number of carbonyl (C=O) groups excluding carboxylic acids is 1. The van der Waals surface area contributed by atoms with Gasteiger partial charge in [-0.25, -0.2) is 4.79 Å². The van der Waals surface area contributed by atoms with Crippen LogP contribution in [0.15, 0.2) is 41.5 Å². The molecule has 0 saturated carbocycles. The maximum atomic E-state index is 11.9. The number of hydrogen-bond donors (Lipinski definition) is 1. The molecule has 1 N–H and O–H groups in total. The molecule has 1 heterocycles. The molecule has 0 aromatic heterocycles. The zero-order chi connectivity index (χ0) is 18.7. The Labute approximate surface area is 161 Å². The van der Waals surface area contributed by atoms with Gasteiger partial charge >= 0.3 is 6.03 Å². The Bertz CT molecular complexity index is 935. The van der Waals surface area contributed by atoms with Gasteiger partial charge in [-0.1, -0.05) is 35.3 Å². The average molecular weight is 385 g/mol. The Balaban J connectivity index is 2.01. The number of amides is 2. The lowest BCUT2D eigenvalue weighted by molar-refractivity contribution is 0.247. The summed E-state index contributed by atoms with van der Waals surface area (Å²) in [5, 5.41) is 18.6. The van der Waals surface area contributed by atoms with Crippen molar-refractivity contribution in [3.8, 4) is 6.07 Å².